The number of pyridine rings is 1. The normalized spacial score (nSPS) is 12.0. The van der Waals surface area contributed by atoms with E-state index >= 15 is 0 Å². The number of hydrogen-bond acceptors (Lipinski definition) is 5. The van der Waals surface area contributed by atoms with Crippen molar-refractivity contribution in [2.75, 3.05) is 11.9 Å². The monoisotopic (exact) mass is 376 g/mol. The SMILES string of the molecule is Cc1cc(NCC(O)c2cc[nH]c(=O)c2)nc(-c2cc(F)c(F)cc2F)n1. The summed E-state index contributed by atoms with van der Waals surface area (Å²) in [6.45, 7) is 1.64. The minimum absolute atomic E-state index is 0.0135. The van der Waals surface area contributed by atoms with Crippen LogP contribution in [-0.2, 0) is 0 Å². The smallest absolute Gasteiger partial charge is 0.248 e. The standard InChI is InChI=1S/C18H15F3N4O2/c1-9-4-16(23-8-15(26)10-2-3-22-17(27)5-10)25-18(24-9)11-6-13(20)14(21)7-12(11)19/h2-7,15,26H,8H2,1H3,(H,22,27)(H,23,24,25). The van der Waals surface area contributed by atoms with Gasteiger partial charge in [-0.2, -0.15) is 0 Å². The molecule has 0 bridgehead atoms. The number of hydrogen-bond donors (Lipinski definition) is 3. The summed E-state index contributed by atoms with van der Waals surface area (Å²) in [4.78, 5) is 21.9. The molecule has 0 saturated heterocycles. The molecule has 0 radical (unpaired) electrons. The lowest BCUT2D eigenvalue weighted by Crippen LogP contribution is -2.16. The third-order valence-corrected chi connectivity index (χ3v) is 3.77. The quantitative estimate of drug-likeness (QED) is 0.596. The third kappa shape index (κ3) is 4.32. The third-order valence-electron chi connectivity index (χ3n) is 3.77. The average molecular weight is 376 g/mol. The Balaban J connectivity index is 1.84. The molecule has 0 aliphatic heterocycles. The predicted molar refractivity (Wildman–Crippen MR) is 92.6 cm³/mol. The molecule has 27 heavy (non-hydrogen) atoms. The summed E-state index contributed by atoms with van der Waals surface area (Å²) in [7, 11) is 0. The molecule has 2 aromatic heterocycles. The maximum absolute atomic E-state index is 14.0. The second-order valence-electron chi connectivity index (χ2n) is 5.85. The first-order valence-electron chi connectivity index (χ1n) is 7.94. The number of benzene rings is 1. The Morgan fingerprint density at radius 2 is 1.85 bits per heavy atom. The molecule has 0 aliphatic carbocycles. The summed E-state index contributed by atoms with van der Waals surface area (Å²) >= 11 is 0. The van der Waals surface area contributed by atoms with Crippen molar-refractivity contribution in [3.8, 4) is 11.4 Å². The molecule has 0 spiro atoms. The van der Waals surface area contributed by atoms with Gasteiger partial charge < -0.3 is 15.4 Å². The van der Waals surface area contributed by atoms with Crippen LogP contribution in [0.15, 0.2) is 41.3 Å². The van der Waals surface area contributed by atoms with E-state index in [2.05, 4.69) is 20.3 Å². The van der Waals surface area contributed by atoms with E-state index in [0.29, 0.717) is 23.4 Å². The predicted octanol–water partition coefficient (Wildman–Crippen LogP) is 2.70. The van der Waals surface area contributed by atoms with E-state index in [1.54, 1.807) is 19.1 Å². The van der Waals surface area contributed by atoms with Gasteiger partial charge in [-0.1, -0.05) is 0 Å². The zero-order chi connectivity index (χ0) is 19.6. The Labute approximate surface area is 151 Å². The molecule has 3 rings (SSSR count). The first-order valence-corrected chi connectivity index (χ1v) is 7.94. The molecular weight excluding hydrogens is 361 g/mol. The maximum Gasteiger partial charge on any atom is 0.248 e. The van der Waals surface area contributed by atoms with Gasteiger partial charge >= 0.3 is 0 Å². The van der Waals surface area contributed by atoms with Crippen molar-refractivity contribution in [3.63, 3.8) is 0 Å². The van der Waals surface area contributed by atoms with Gasteiger partial charge in [-0.15, -0.1) is 0 Å². The molecule has 1 unspecified atom stereocenters. The summed E-state index contributed by atoms with van der Waals surface area (Å²) in [6.07, 6.45) is 0.422. The van der Waals surface area contributed by atoms with Crippen LogP contribution in [-0.4, -0.2) is 26.6 Å². The fourth-order valence-corrected chi connectivity index (χ4v) is 2.46. The van der Waals surface area contributed by atoms with E-state index in [4.69, 9.17) is 0 Å². The van der Waals surface area contributed by atoms with E-state index in [1.165, 1.54) is 12.3 Å². The molecule has 1 atom stereocenters. The van der Waals surface area contributed by atoms with Gasteiger partial charge in [-0.05, 0) is 24.6 Å². The van der Waals surface area contributed by atoms with Crippen LogP contribution in [0.1, 0.15) is 17.4 Å². The highest BCUT2D eigenvalue weighted by atomic mass is 19.2. The average Bonchev–Trinajstić information content (AvgIpc) is 2.62. The van der Waals surface area contributed by atoms with E-state index in [9.17, 15) is 23.1 Å². The minimum atomic E-state index is -1.30. The number of aryl methyl sites for hydroxylation is 1. The van der Waals surface area contributed by atoms with Crippen molar-refractivity contribution in [2.45, 2.75) is 13.0 Å². The van der Waals surface area contributed by atoms with Gasteiger partial charge in [0.25, 0.3) is 0 Å². The molecular formula is C18H15F3N4O2. The van der Waals surface area contributed by atoms with Crippen molar-refractivity contribution < 1.29 is 18.3 Å². The minimum Gasteiger partial charge on any atom is -0.387 e. The van der Waals surface area contributed by atoms with Gasteiger partial charge in [-0.3, -0.25) is 4.79 Å². The van der Waals surface area contributed by atoms with Crippen molar-refractivity contribution in [1.29, 1.82) is 0 Å². The van der Waals surface area contributed by atoms with Crippen molar-refractivity contribution in [1.82, 2.24) is 15.0 Å². The first-order chi connectivity index (χ1) is 12.8. The first kappa shape index (κ1) is 18.6. The van der Waals surface area contributed by atoms with Gasteiger partial charge in [0.1, 0.15) is 11.6 Å². The second-order valence-corrected chi connectivity index (χ2v) is 5.85. The lowest BCUT2D eigenvalue weighted by atomic mass is 10.1. The molecule has 3 aromatic rings. The highest BCUT2D eigenvalue weighted by Gasteiger charge is 2.15. The van der Waals surface area contributed by atoms with Crippen LogP contribution >= 0.6 is 0 Å². The van der Waals surface area contributed by atoms with Crippen molar-refractivity contribution in [2.24, 2.45) is 0 Å². The molecule has 3 N–H and O–H groups in total. The Morgan fingerprint density at radius 3 is 2.59 bits per heavy atom. The molecule has 0 saturated carbocycles. The Hall–Kier alpha value is -3.20. The fourth-order valence-electron chi connectivity index (χ4n) is 2.46. The molecule has 6 nitrogen and oxygen atoms in total. The lowest BCUT2D eigenvalue weighted by Gasteiger charge is -2.13. The number of aromatic nitrogens is 3. The summed E-state index contributed by atoms with van der Waals surface area (Å²) in [6, 6.07) is 5.49. The van der Waals surface area contributed by atoms with Crippen LogP contribution < -0.4 is 10.9 Å². The van der Waals surface area contributed by atoms with Crippen LogP contribution in [0.5, 0.6) is 0 Å². The van der Waals surface area contributed by atoms with E-state index < -0.39 is 23.6 Å². The Bertz CT molecular complexity index is 1040. The highest BCUT2D eigenvalue weighted by molar-refractivity contribution is 5.58. The molecule has 2 heterocycles. The van der Waals surface area contributed by atoms with Gasteiger partial charge in [0.2, 0.25) is 5.56 Å². The summed E-state index contributed by atoms with van der Waals surface area (Å²) < 4.78 is 40.5. The number of rotatable bonds is 5. The molecule has 1 aromatic carbocycles. The zero-order valence-corrected chi connectivity index (χ0v) is 14.1. The number of nitrogens with one attached hydrogen (secondary N) is 2. The number of aliphatic hydroxyl groups is 1. The number of H-pyrrole nitrogens is 1. The second kappa shape index (κ2) is 7.58. The van der Waals surface area contributed by atoms with Crippen LogP contribution in [0, 0.1) is 24.4 Å². The summed E-state index contributed by atoms with van der Waals surface area (Å²) in [5.74, 6) is -3.38. The number of anilines is 1. The summed E-state index contributed by atoms with van der Waals surface area (Å²) in [5.41, 5.74) is 0.234. The molecule has 0 fully saturated rings. The van der Waals surface area contributed by atoms with Crippen LogP contribution in [0.4, 0.5) is 19.0 Å². The van der Waals surface area contributed by atoms with Gasteiger partial charge in [0, 0.05) is 36.6 Å². The molecule has 0 aliphatic rings. The molecule has 140 valence electrons. The fraction of sp³-hybridized carbons (Fsp3) is 0.167. The van der Waals surface area contributed by atoms with Crippen molar-refractivity contribution >= 4 is 5.82 Å². The summed E-state index contributed by atoms with van der Waals surface area (Å²) in [5, 5.41) is 13.0. The van der Waals surface area contributed by atoms with E-state index in [0.717, 1.165) is 0 Å². The van der Waals surface area contributed by atoms with Gasteiger partial charge in [-0.25, -0.2) is 23.1 Å². The highest BCUT2D eigenvalue weighted by Crippen LogP contribution is 2.24. The van der Waals surface area contributed by atoms with Gasteiger partial charge in [0.15, 0.2) is 17.5 Å². The lowest BCUT2D eigenvalue weighted by molar-refractivity contribution is 0.191. The molecule has 0 amide bonds. The number of aromatic amines is 1. The Kier molecular flexibility index (Phi) is 5.22. The number of aliphatic hydroxyl groups excluding tert-OH is 1. The van der Waals surface area contributed by atoms with Crippen LogP contribution in [0.2, 0.25) is 0 Å². The largest absolute Gasteiger partial charge is 0.387 e. The van der Waals surface area contributed by atoms with E-state index in [1.807, 2.05) is 0 Å². The van der Waals surface area contributed by atoms with E-state index in [-0.39, 0.29) is 29.3 Å². The Morgan fingerprint density at radius 1 is 1.11 bits per heavy atom. The number of halogens is 3. The zero-order valence-electron chi connectivity index (χ0n) is 14.1. The number of nitrogens with zero attached hydrogens (tertiary/aromatic N) is 2. The molecule has 9 heteroatoms. The van der Waals surface area contributed by atoms with Crippen molar-refractivity contribution in [3.05, 3.63) is 75.6 Å². The van der Waals surface area contributed by atoms with Gasteiger partial charge in [0.05, 0.1) is 11.7 Å². The van der Waals surface area contributed by atoms with Crippen LogP contribution in [0.3, 0.4) is 0 Å². The maximum atomic E-state index is 14.0. The van der Waals surface area contributed by atoms with Crippen LogP contribution in [0.25, 0.3) is 11.4 Å². The topological polar surface area (TPSA) is 90.9 Å².